The van der Waals surface area contributed by atoms with Crippen LogP contribution >= 0.6 is 0 Å². The maximum atomic E-state index is 13.9. The molecule has 0 aliphatic carbocycles. The lowest BCUT2D eigenvalue weighted by Gasteiger charge is -2.20. The van der Waals surface area contributed by atoms with Crippen molar-refractivity contribution in [1.29, 1.82) is 0 Å². The minimum Gasteiger partial charge on any atom is -0.465 e. The Morgan fingerprint density at radius 1 is 1.39 bits per heavy atom. The topological polar surface area (TPSA) is 81.7 Å². The van der Waals surface area contributed by atoms with Crippen molar-refractivity contribution in [2.75, 3.05) is 13.7 Å². The zero-order valence-corrected chi connectivity index (χ0v) is 13.5. The molecule has 9 heteroatoms. The second kappa shape index (κ2) is 6.90. The molecule has 1 saturated heterocycles. The molecule has 0 unspecified atom stereocenters. The molecule has 0 aromatic heterocycles. The van der Waals surface area contributed by atoms with Gasteiger partial charge in [0.15, 0.2) is 0 Å². The first kappa shape index (κ1) is 17.8. The maximum Gasteiger partial charge on any atom is 0.340 e. The van der Waals surface area contributed by atoms with Crippen LogP contribution in [0.25, 0.3) is 0 Å². The lowest BCUT2D eigenvalue weighted by atomic mass is 10.1. The first-order valence-corrected chi connectivity index (χ1v) is 8.46. The number of carbonyl (C=O) groups excluding carboxylic acids is 1. The normalized spacial score (nSPS) is 19.6. The predicted octanol–water partition coefficient (Wildman–Crippen LogP) is 1.60. The Balaban J connectivity index is 2.33. The number of carbonyl (C=O) groups is 1. The Morgan fingerprint density at radius 2 is 2.09 bits per heavy atom. The molecule has 0 spiro atoms. The van der Waals surface area contributed by atoms with Gasteiger partial charge >= 0.3 is 5.97 Å². The number of hydrogen-bond acceptors (Lipinski definition) is 5. The third-order valence-corrected chi connectivity index (χ3v) is 5.15. The summed E-state index contributed by atoms with van der Waals surface area (Å²) >= 11 is 0. The van der Waals surface area contributed by atoms with Gasteiger partial charge in [-0.05, 0) is 25.8 Å². The number of methoxy groups -OCH3 is 1. The van der Waals surface area contributed by atoms with Gasteiger partial charge in [-0.1, -0.05) is 0 Å². The summed E-state index contributed by atoms with van der Waals surface area (Å²) in [6.45, 7) is 2.13. The van der Waals surface area contributed by atoms with Crippen LogP contribution in [0.15, 0.2) is 17.0 Å². The van der Waals surface area contributed by atoms with Gasteiger partial charge < -0.3 is 9.47 Å². The van der Waals surface area contributed by atoms with Crippen molar-refractivity contribution in [3.05, 3.63) is 29.3 Å². The highest BCUT2D eigenvalue weighted by Gasteiger charge is 2.30. The average Bonchev–Trinajstić information content (AvgIpc) is 3.00. The van der Waals surface area contributed by atoms with E-state index in [-0.39, 0.29) is 6.10 Å². The first-order chi connectivity index (χ1) is 10.8. The summed E-state index contributed by atoms with van der Waals surface area (Å²) in [6.07, 6.45) is 1.19. The van der Waals surface area contributed by atoms with Crippen LogP contribution in [0.4, 0.5) is 8.78 Å². The second-order valence-corrected chi connectivity index (χ2v) is 6.90. The fraction of sp³-hybridized carbons (Fsp3) is 0.500. The van der Waals surface area contributed by atoms with Crippen molar-refractivity contribution < 1.29 is 31.5 Å². The van der Waals surface area contributed by atoms with E-state index in [9.17, 15) is 22.0 Å². The van der Waals surface area contributed by atoms with Crippen LogP contribution < -0.4 is 4.72 Å². The lowest BCUT2D eigenvalue weighted by Crippen LogP contribution is -2.41. The summed E-state index contributed by atoms with van der Waals surface area (Å²) in [5.41, 5.74) is -0.654. The summed E-state index contributed by atoms with van der Waals surface area (Å²) in [7, 11) is -3.28. The largest absolute Gasteiger partial charge is 0.465 e. The summed E-state index contributed by atoms with van der Waals surface area (Å²) in [6, 6.07) is 0.382. The van der Waals surface area contributed by atoms with Gasteiger partial charge in [0.25, 0.3) is 0 Å². The molecule has 0 amide bonds. The fourth-order valence-corrected chi connectivity index (χ4v) is 3.74. The Morgan fingerprint density at radius 3 is 2.65 bits per heavy atom. The lowest BCUT2D eigenvalue weighted by molar-refractivity contribution is 0.0595. The Bertz CT molecular complexity index is 701. The van der Waals surface area contributed by atoms with E-state index >= 15 is 0 Å². The third-order valence-electron chi connectivity index (χ3n) is 3.58. The van der Waals surface area contributed by atoms with Gasteiger partial charge in [-0.25, -0.2) is 26.7 Å². The average molecular weight is 349 g/mol. The monoisotopic (exact) mass is 349 g/mol. The van der Waals surface area contributed by atoms with Crippen molar-refractivity contribution in [3.8, 4) is 0 Å². The number of halogens is 2. The van der Waals surface area contributed by atoms with Gasteiger partial charge in [-0.15, -0.1) is 0 Å². The molecule has 2 rings (SSSR count). The van der Waals surface area contributed by atoms with Crippen molar-refractivity contribution in [2.24, 2.45) is 0 Å². The molecule has 1 aliphatic rings. The molecular weight excluding hydrogens is 332 g/mol. The molecule has 6 nitrogen and oxygen atoms in total. The summed E-state index contributed by atoms with van der Waals surface area (Å²) in [4.78, 5) is 10.6. The predicted molar refractivity (Wildman–Crippen MR) is 76.5 cm³/mol. The van der Waals surface area contributed by atoms with Gasteiger partial charge in [0.2, 0.25) is 10.0 Å². The first-order valence-electron chi connectivity index (χ1n) is 6.97. The zero-order valence-electron chi connectivity index (χ0n) is 12.6. The number of nitrogens with one attached hydrogen (secondary N) is 1. The van der Waals surface area contributed by atoms with Crippen molar-refractivity contribution in [2.45, 2.75) is 36.8 Å². The van der Waals surface area contributed by atoms with E-state index in [1.807, 2.05) is 0 Å². The molecule has 1 N–H and O–H groups in total. The number of benzene rings is 1. The molecule has 0 saturated carbocycles. The van der Waals surface area contributed by atoms with E-state index in [0.717, 1.165) is 13.5 Å². The highest BCUT2D eigenvalue weighted by atomic mass is 32.2. The number of sulfonamides is 1. The summed E-state index contributed by atoms with van der Waals surface area (Å²) in [5, 5.41) is 0. The summed E-state index contributed by atoms with van der Waals surface area (Å²) in [5.74, 6) is -3.58. The van der Waals surface area contributed by atoms with Gasteiger partial charge in [-0.2, -0.15) is 0 Å². The number of hydrogen-bond donors (Lipinski definition) is 1. The van der Waals surface area contributed by atoms with Crippen LogP contribution in [0.3, 0.4) is 0 Å². The van der Waals surface area contributed by atoms with Crippen LogP contribution in [-0.4, -0.2) is 40.2 Å². The molecule has 1 aromatic rings. The van der Waals surface area contributed by atoms with E-state index < -0.39 is 44.1 Å². The van der Waals surface area contributed by atoms with E-state index in [4.69, 9.17) is 4.74 Å². The SMILES string of the molecule is COC(=O)c1cc(S(=O)(=O)N[C@H](C)[C@H]2CCCO2)c(F)cc1F. The number of rotatable bonds is 5. The van der Waals surface area contributed by atoms with E-state index in [1.165, 1.54) is 0 Å². The third kappa shape index (κ3) is 3.85. The number of ether oxygens (including phenoxy) is 2. The van der Waals surface area contributed by atoms with Crippen LogP contribution in [0, 0.1) is 11.6 Å². The fourth-order valence-electron chi connectivity index (χ4n) is 2.38. The minimum absolute atomic E-state index is 0.312. The minimum atomic E-state index is -4.29. The van der Waals surface area contributed by atoms with Crippen LogP contribution in [0.2, 0.25) is 0 Å². The standard InChI is InChI=1S/C14H17F2NO5S/c1-8(12-4-3-5-22-12)17-23(19,20)13-6-9(14(18)21-2)10(15)7-11(13)16/h6-8,12,17H,3-5H2,1-2H3/t8-,12-/m1/s1. The molecule has 0 radical (unpaired) electrons. The zero-order chi connectivity index (χ0) is 17.2. The Hall–Kier alpha value is -1.58. The van der Waals surface area contributed by atoms with Crippen LogP contribution in [0.5, 0.6) is 0 Å². The van der Waals surface area contributed by atoms with Gasteiger partial charge in [0.05, 0.1) is 18.8 Å². The molecule has 23 heavy (non-hydrogen) atoms. The Kier molecular flexibility index (Phi) is 5.33. The molecular formula is C14H17F2NO5S. The highest BCUT2D eigenvalue weighted by molar-refractivity contribution is 7.89. The molecule has 1 aromatic carbocycles. The van der Waals surface area contributed by atoms with E-state index in [1.54, 1.807) is 6.92 Å². The van der Waals surface area contributed by atoms with Crippen LogP contribution in [0.1, 0.15) is 30.1 Å². The molecule has 2 atom stereocenters. The number of esters is 1. The smallest absolute Gasteiger partial charge is 0.340 e. The van der Waals surface area contributed by atoms with Crippen molar-refractivity contribution >= 4 is 16.0 Å². The summed E-state index contributed by atoms with van der Waals surface area (Å²) < 4.78 is 64.1. The van der Waals surface area contributed by atoms with Gasteiger partial charge in [0.1, 0.15) is 16.5 Å². The van der Waals surface area contributed by atoms with Crippen LogP contribution in [-0.2, 0) is 19.5 Å². The molecule has 1 fully saturated rings. The van der Waals surface area contributed by atoms with Gasteiger partial charge in [0, 0.05) is 18.7 Å². The van der Waals surface area contributed by atoms with E-state index in [0.29, 0.717) is 25.2 Å². The molecule has 0 bridgehead atoms. The quantitative estimate of drug-likeness (QED) is 0.817. The van der Waals surface area contributed by atoms with Crippen molar-refractivity contribution in [3.63, 3.8) is 0 Å². The Labute approximate surface area is 132 Å². The van der Waals surface area contributed by atoms with Gasteiger partial charge in [-0.3, -0.25) is 0 Å². The maximum absolute atomic E-state index is 13.9. The second-order valence-electron chi connectivity index (χ2n) is 5.22. The highest BCUT2D eigenvalue weighted by Crippen LogP contribution is 2.22. The van der Waals surface area contributed by atoms with E-state index in [2.05, 4.69) is 9.46 Å². The molecule has 1 heterocycles. The van der Waals surface area contributed by atoms with Crippen molar-refractivity contribution in [1.82, 2.24) is 4.72 Å². The molecule has 128 valence electrons. The molecule has 1 aliphatic heterocycles.